The van der Waals surface area contributed by atoms with Crippen molar-refractivity contribution in [3.05, 3.63) is 28.0 Å². The Morgan fingerprint density at radius 2 is 1.85 bits per heavy atom. The van der Waals surface area contributed by atoms with Gasteiger partial charge in [-0.2, -0.15) is 4.31 Å². The van der Waals surface area contributed by atoms with E-state index in [1.165, 1.54) is 0 Å². The maximum Gasteiger partial charge on any atom is 0.318 e. The molecule has 0 fully saturated rings. The van der Waals surface area contributed by atoms with Crippen LogP contribution in [0.25, 0.3) is 0 Å². The fourth-order valence-corrected chi connectivity index (χ4v) is 4.21. The van der Waals surface area contributed by atoms with Crippen LogP contribution in [-0.4, -0.2) is 36.9 Å². The van der Waals surface area contributed by atoms with E-state index >= 15 is 0 Å². The first-order chi connectivity index (χ1) is 9.20. The van der Waals surface area contributed by atoms with Crippen LogP contribution in [0.15, 0.2) is 17.0 Å². The van der Waals surface area contributed by atoms with Gasteiger partial charge >= 0.3 is 5.97 Å². The topological polar surface area (TPSA) is 74.7 Å². The molecule has 0 heterocycles. The highest BCUT2D eigenvalue weighted by Crippen LogP contribution is 2.32. The number of benzene rings is 1. The minimum Gasteiger partial charge on any atom is -0.480 e. The van der Waals surface area contributed by atoms with Gasteiger partial charge in [-0.05, 0) is 18.6 Å². The average Bonchev–Trinajstić information content (AvgIpc) is 2.25. The Balaban J connectivity index is 3.37. The van der Waals surface area contributed by atoms with Crippen LogP contribution in [0.2, 0.25) is 10.0 Å². The second-order valence-corrected chi connectivity index (χ2v) is 6.62. The predicted octanol–water partition coefficient (Wildman–Crippen LogP) is 2.62. The van der Waals surface area contributed by atoms with Gasteiger partial charge < -0.3 is 5.11 Å². The van der Waals surface area contributed by atoms with Crippen LogP contribution in [0, 0.1) is 5.82 Å². The van der Waals surface area contributed by atoms with Gasteiger partial charge in [0, 0.05) is 6.54 Å². The summed E-state index contributed by atoms with van der Waals surface area (Å²) in [5.41, 5.74) is 0. The van der Waals surface area contributed by atoms with Crippen LogP contribution in [0.1, 0.15) is 13.3 Å². The number of rotatable bonds is 6. The van der Waals surface area contributed by atoms with Crippen LogP contribution in [0.4, 0.5) is 4.39 Å². The van der Waals surface area contributed by atoms with Crippen LogP contribution in [0.3, 0.4) is 0 Å². The molecule has 0 aliphatic rings. The molecule has 1 rings (SSSR count). The zero-order valence-electron chi connectivity index (χ0n) is 10.4. The summed E-state index contributed by atoms with van der Waals surface area (Å²) in [7, 11) is -4.21. The molecule has 1 aromatic rings. The third-order valence-electron chi connectivity index (χ3n) is 2.35. The van der Waals surface area contributed by atoms with Gasteiger partial charge in [0.05, 0.1) is 10.0 Å². The third-order valence-corrected chi connectivity index (χ3v) is 5.11. The lowest BCUT2D eigenvalue weighted by Crippen LogP contribution is -2.36. The molecule has 1 aromatic carbocycles. The molecular formula is C11H12Cl2FNO4S. The Labute approximate surface area is 126 Å². The van der Waals surface area contributed by atoms with Crippen molar-refractivity contribution in [3.8, 4) is 0 Å². The number of halogens is 3. The standard InChI is InChI=1S/C11H12Cl2FNO4S/c1-2-3-15(6-10(16)17)20(18,19)11-8(12)4-7(14)5-9(11)13/h4-5H,2-3,6H2,1H3,(H,16,17). The van der Waals surface area contributed by atoms with Crippen LogP contribution in [-0.2, 0) is 14.8 Å². The van der Waals surface area contributed by atoms with Crippen molar-refractivity contribution >= 4 is 39.2 Å². The van der Waals surface area contributed by atoms with Crippen LogP contribution in [0.5, 0.6) is 0 Å². The first kappa shape index (κ1) is 17.2. The number of sulfonamides is 1. The molecule has 1 N–H and O–H groups in total. The van der Waals surface area contributed by atoms with E-state index in [4.69, 9.17) is 28.3 Å². The molecule has 0 radical (unpaired) electrons. The number of carboxylic acid groups (broad SMARTS) is 1. The van der Waals surface area contributed by atoms with Crippen LogP contribution < -0.4 is 0 Å². The Hall–Kier alpha value is -0.890. The van der Waals surface area contributed by atoms with Gasteiger partial charge in [-0.25, -0.2) is 12.8 Å². The van der Waals surface area contributed by atoms with E-state index in [9.17, 15) is 17.6 Å². The summed E-state index contributed by atoms with van der Waals surface area (Å²) >= 11 is 11.4. The van der Waals surface area contributed by atoms with E-state index in [1.807, 2.05) is 0 Å². The number of hydrogen-bond acceptors (Lipinski definition) is 3. The van der Waals surface area contributed by atoms with E-state index in [0.29, 0.717) is 6.42 Å². The van der Waals surface area contributed by atoms with Gasteiger partial charge in [-0.15, -0.1) is 0 Å². The van der Waals surface area contributed by atoms with Crippen molar-refractivity contribution in [1.82, 2.24) is 4.31 Å². The first-order valence-electron chi connectivity index (χ1n) is 5.56. The van der Waals surface area contributed by atoms with Crippen molar-refractivity contribution < 1.29 is 22.7 Å². The van der Waals surface area contributed by atoms with E-state index < -0.39 is 33.3 Å². The summed E-state index contributed by atoms with van der Waals surface area (Å²) in [6.07, 6.45) is 0.406. The summed E-state index contributed by atoms with van der Waals surface area (Å²) in [4.78, 5) is 10.3. The molecule has 0 unspecified atom stereocenters. The molecular weight excluding hydrogens is 332 g/mol. The molecule has 0 atom stereocenters. The fraction of sp³-hybridized carbons (Fsp3) is 0.364. The van der Waals surface area contributed by atoms with Crippen molar-refractivity contribution in [2.45, 2.75) is 18.2 Å². The second-order valence-electron chi connectivity index (χ2n) is 3.93. The maximum absolute atomic E-state index is 13.1. The van der Waals surface area contributed by atoms with Gasteiger partial charge in [0.25, 0.3) is 0 Å². The normalized spacial score (nSPS) is 11.8. The first-order valence-corrected chi connectivity index (χ1v) is 7.76. The van der Waals surface area contributed by atoms with E-state index in [0.717, 1.165) is 16.4 Å². The number of nitrogens with zero attached hydrogens (tertiary/aromatic N) is 1. The predicted molar refractivity (Wildman–Crippen MR) is 73.1 cm³/mol. The van der Waals surface area contributed by atoms with Gasteiger partial charge in [0.15, 0.2) is 0 Å². The summed E-state index contributed by atoms with van der Waals surface area (Å²) < 4.78 is 38.6. The maximum atomic E-state index is 13.1. The molecule has 20 heavy (non-hydrogen) atoms. The summed E-state index contributed by atoms with van der Waals surface area (Å²) in [5, 5.41) is 8.00. The van der Waals surface area contributed by atoms with Crippen molar-refractivity contribution in [1.29, 1.82) is 0 Å². The molecule has 112 valence electrons. The molecule has 5 nitrogen and oxygen atoms in total. The van der Waals surface area contributed by atoms with E-state index in [1.54, 1.807) is 6.92 Å². The van der Waals surface area contributed by atoms with Gasteiger partial charge in [-0.3, -0.25) is 4.79 Å². The Morgan fingerprint density at radius 3 is 2.25 bits per heavy atom. The molecule has 0 spiro atoms. The molecule has 0 aliphatic heterocycles. The minimum absolute atomic E-state index is 0.0152. The lowest BCUT2D eigenvalue weighted by molar-refractivity contribution is -0.137. The number of carbonyl (C=O) groups is 1. The molecule has 0 saturated heterocycles. The zero-order valence-corrected chi connectivity index (χ0v) is 12.8. The van der Waals surface area contributed by atoms with Gasteiger partial charge in [-0.1, -0.05) is 30.1 Å². The number of carboxylic acids is 1. The summed E-state index contributed by atoms with van der Waals surface area (Å²) in [6.45, 7) is 0.955. The van der Waals surface area contributed by atoms with Gasteiger partial charge in [0.2, 0.25) is 10.0 Å². The highest BCUT2D eigenvalue weighted by molar-refractivity contribution is 7.89. The lowest BCUT2D eigenvalue weighted by Gasteiger charge is -2.21. The summed E-state index contributed by atoms with van der Waals surface area (Å²) in [5.74, 6) is -2.09. The Kier molecular flexibility index (Phi) is 5.76. The monoisotopic (exact) mass is 343 g/mol. The molecule has 0 aliphatic carbocycles. The highest BCUT2D eigenvalue weighted by Gasteiger charge is 2.30. The smallest absolute Gasteiger partial charge is 0.318 e. The van der Waals surface area contributed by atoms with Crippen molar-refractivity contribution in [2.24, 2.45) is 0 Å². The molecule has 0 amide bonds. The SMILES string of the molecule is CCCN(CC(=O)O)S(=O)(=O)c1c(Cl)cc(F)cc1Cl. The molecule has 0 saturated carbocycles. The lowest BCUT2D eigenvalue weighted by atomic mass is 10.3. The zero-order chi connectivity index (χ0) is 15.5. The third kappa shape index (κ3) is 3.82. The van der Waals surface area contributed by atoms with Gasteiger partial charge in [0.1, 0.15) is 17.3 Å². The van der Waals surface area contributed by atoms with E-state index in [-0.39, 0.29) is 16.6 Å². The Bertz CT molecular complexity index is 598. The number of aliphatic carboxylic acids is 1. The van der Waals surface area contributed by atoms with Crippen LogP contribution >= 0.6 is 23.2 Å². The highest BCUT2D eigenvalue weighted by atomic mass is 35.5. The molecule has 0 bridgehead atoms. The quantitative estimate of drug-likeness (QED) is 0.861. The van der Waals surface area contributed by atoms with Crippen molar-refractivity contribution in [3.63, 3.8) is 0 Å². The van der Waals surface area contributed by atoms with E-state index in [2.05, 4.69) is 0 Å². The largest absolute Gasteiger partial charge is 0.480 e. The average molecular weight is 344 g/mol. The minimum atomic E-state index is -4.21. The molecule has 0 aromatic heterocycles. The van der Waals surface area contributed by atoms with Crippen molar-refractivity contribution in [2.75, 3.05) is 13.1 Å². The Morgan fingerprint density at radius 1 is 1.35 bits per heavy atom. The number of hydrogen-bond donors (Lipinski definition) is 1. The second kappa shape index (κ2) is 6.71. The summed E-state index contributed by atoms with van der Waals surface area (Å²) in [6, 6.07) is 1.62. The fourth-order valence-electron chi connectivity index (χ4n) is 1.59. The molecule has 9 heteroatoms.